The Balaban J connectivity index is 0.000000320. The fraction of sp³-hybridized carbons (Fsp3) is 0.482. The molecule has 0 fully saturated rings. The van der Waals surface area contributed by atoms with Crippen molar-refractivity contribution < 1.29 is 83.0 Å². The molecule has 4 amide bonds. The number of nitrogens with zero attached hydrogens (tertiary/aromatic N) is 24. The van der Waals surface area contributed by atoms with Crippen LogP contribution in [0.25, 0.3) is 0 Å². The molecule has 0 bridgehead atoms. The van der Waals surface area contributed by atoms with E-state index < -0.39 is 71.7 Å². The number of Topliss-reactive ketones (excluding diaryl/α,β-unsaturated/α-hetero) is 1. The predicted molar refractivity (Wildman–Crippen MR) is 475 cm³/mol. The van der Waals surface area contributed by atoms with Crippen molar-refractivity contribution in [3.63, 3.8) is 0 Å². The van der Waals surface area contributed by atoms with E-state index in [4.69, 9.17) is 24.8 Å². The fourth-order valence-electron chi connectivity index (χ4n) is 10.3. The molecule has 0 saturated heterocycles. The van der Waals surface area contributed by atoms with Gasteiger partial charge < -0.3 is 61.6 Å². The summed E-state index contributed by atoms with van der Waals surface area (Å²) in [5.74, 6) is -5.78. The van der Waals surface area contributed by atoms with Crippen LogP contribution in [0.1, 0.15) is 257 Å². The smallest absolute Gasteiger partial charge is 0.328 e. The van der Waals surface area contributed by atoms with Gasteiger partial charge in [0.15, 0.2) is 17.2 Å². The zero-order valence-electron chi connectivity index (χ0n) is 77.9. The molecule has 4 atom stereocenters. The van der Waals surface area contributed by atoms with E-state index in [0.29, 0.717) is 34.9 Å². The minimum atomic E-state index is -1.15. The highest BCUT2D eigenvalue weighted by Crippen LogP contribution is 2.17. The standard InChI is InChI=1S/C17H22N4O4.C16H20N4O4.C12H19N5O4.C12H15N3.C7H14N4.2C7H11N3O2.C7H11N3O/c1-11(2)21-10-13(19-20-21)9-16(23)18-15(17(24)25-3)8-12-4-6-14(22)7-5-12;1-10(2)20-9-14(18-19-20)15(22)17-13(16(23)24-3)8-11-4-6-12(21)7-5-11;1-6(2)17-5-9(15-16-17)11(19)13-7(3)10(18)14-8(4)12(20)21;1-10(2)15-9-12(13-14-15)8-11-6-4-3-5-7-11;1-6(2)11-5-7(4-8-3)9-10-11;2*1-5(2)10-4-6(8-9-10)3-7(11)12;1-5(2)10-4-7(6(3)11)8-9-10/h4-7,10-11,15,22H,8-9H2,1-3H3,(H,18,23);4-7,9-10,13,21H,8H2,1-3H3,(H,17,22);5-8H,1-4H3,(H,13,19)(H,14,18)(H,20,21);3-7,9-10H,8H2,1-2H3;5-6,8H,4H2,1-3H3;2*4-5H,3H2,1-2H3,(H,11,12);4-5H,1-3H3. The van der Waals surface area contributed by atoms with Crippen molar-refractivity contribution in [2.45, 2.75) is 249 Å². The zero-order valence-corrected chi connectivity index (χ0v) is 77.9. The number of aliphatic carboxylic acids is 3. The Labute approximate surface area is 758 Å². The number of carbonyl (C=O) groups excluding carboxylic acids is 7. The molecule has 46 nitrogen and oxygen atoms in total. The summed E-state index contributed by atoms with van der Waals surface area (Å²) in [5.41, 5.74) is 7.02. The fourth-order valence-corrected chi connectivity index (χ4v) is 10.3. The van der Waals surface area contributed by atoms with Crippen LogP contribution in [0, 0.1) is 0 Å². The lowest BCUT2D eigenvalue weighted by Crippen LogP contribution is -2.49. The number of benzene rings is 3. The summed E-state index contributed by atoms with van der Waals surface area (Å²) in [4.78, 5) is 114. The summed E-state index contributed by atoms with van der Waals surface area (Å²) in [7, 11) is 4.42. The van der Waals surface area contributed by atoms with E-state index in [0.717, 1.165) is 35.5 Å². The molecule has 10 N–H and O–H groups in total. The molecule has 0 spiro atoms. The summed E-state index contributed by atoms with van der Waals surface area (Å²) < 4.78 is 22.9. The molecule has 0 saturated carbocycles. The molecule has 4 unspecified atom stereocenters. The number of hydrogen-bond donors (Lipinski definition) is 10. The van der Waals surface area contributed by atoms with Gasteiger partial charge in [-0.2, -0.15) is 0 Å². The van der Waals surface area contributed by atoms with Gasteiger partial charge in [-0.3, -0.25) is 38.4 Å². The number of ether oxygens (including phenoxy) is 2. The van der Waals surface area contributed by atoms with Gasteiger partial charge in [-0.25, -0.2) is 47.0 Å². The molecule has 131 heavy (non-hydrogen) atoms. The number of esters is 2. The van der Waals surface area contributed by atoms with Crippen LogP contribution in [-0.4, -0.2) is 250 Å². The van der Waals surface area contributed by atoms with Gasteiger partial charge in [-0.15, -0.1) is 40.8 Å². The first-order valence-corrected chi connectivity index (χ1v) is 41.9. The molecule has 3 aromatic carbocycles. The third-order valence-electron chi connectivity index (χ3n) is 17.8. The SMILES string of the molecule is CC(=O)c1cn(C(C)C)nn1.CC(C)n1cc(CC(=O)O)nn1.CC(C)n1cc(CC(=O)O)nn1.CC(C)n1cc(Cc2ccccc2)nn1.CC(NC(=O)C(C)NC(=O)c1cn(C(C)C)nn1)C(=O)O.CNCc1cn(C(C)C)nn1.COC(=O)C(Cc1ccc(O)cc1)NC(=O)Cc1cn(C(C)C)nn1.COC(=O)C(Cc1ccc(O)cc1)NC(=O)c1cn(C(C)C)nn1. The Hall–Kier alpha value is -14.8. The first kappa shape index (κ1) is 109. The van der Waals surface area contributed by atoms with Crippen LogP contribution >= 0.6 is 0 Å². The van der Waals surface area contributed by atoms with E-state index in [9.17, 15) is 58.2 Å². The number of rotatable bonds is 33. The van der Waals surface area contributed by atoms with Crippen molar-refractivity contribution in [2.24, 2.45) is 0 Å². The summed E-state index contributed by atoms with van der Waals surface area (Å²) in [6.45, 7) is 36.7. The number of amides is 4. The van der Waals surface area contributed by atoms with Crippen molar-refractivity contribution in [2.75, 3.05) is 21.3 Å². The molecular formula is C85H123N29O17. The molecule has 0 radical (unpaired) electrons. The summed E-state index contributed by atoms with van der Waals surface area (Å²) in [6.07, 6.45) is 14.9. The maximum absolute atomic E-state index is 12.3. The van der Waals surface area contributed by atoms with Gasteiger partial charge >= 0.3 is 29.8 Å². The van der Waals surface area contributed by atoms with Crippen LogP contribution in [0.15, 0.2) is 128 Å². The van der Waals surface area contributed by atoms with Crippen molar-refractivity contribution in [3.05, 3.63) is 191 Å². The topological polar surface area (TPSA) is 596 Å². The number of methoxy groups -OCH3 is 2. The molecule has 0 aliphatic rings. The summed E-state index contributed by atoms with van der Waals surface area (Å²) >= 11 is 0. The number of carbonyl (C=O) groups is 10. The van der Waals surface area contributed by atoms with Gasteiger partial charge in [0.1, 0.15) is 41.4 Å². The Morgan fingerprint density at radius 3 is 0.992 bits per heavy atom. The molecule has 0 aliphatic carbocycles. The Kier molecular flexibility index (Phi) is 45.7. The summed E-state index contributed by atoms with van der Waals surface area (Å²) in [6, 6.07) is 21.3. The van der Waals surface area contributed by atoms with Gasteiger partial charge in [-0.1, -0.05) is 96.3 Å². The third-order valence-corrected chi connectivity index (χ3v) is 17.8. The van der Waals surface area contributed by atoms with E-state index in [2.05, 4.69) is 149 Å². The normalized spacial score (nSPS) is 11.6. The molecule has 710 valence electrons. The lowest BCUT2D eigenvalue weighted by atomic mass is 10.1. The number of phenols is 2. The van der Waals surface area contributed by atoms with Gasteiger partial charge in [0.25, 0.3) is 11.8 Å². The minimum absolute atomic E-state index is 0.0236. The van der Waals surface area contributed by atoms with E-state index in [1.807, 2.05) is 130 Å². The quantitative estimate of drug-likeness (QED) is 0.0151. The van der Waals surface area contributed by atoms with Gasteiger partial charge in [0.05, 0.1) is 86.7 Å². The molecule has 0 aliphatic heterocycles. The molecule has 8 heterocycles. The first-order chi connectivity index (χ1) is 61.8. The molecule has 8 aromatic heterocycles. The van der Waals surface area contributed by atoms with E-state index in [-0.39, 0.29) is 103 Å². The van der Waals surface area contributed by atoms with E-state index in [1.54, 1.807) is 72.5 Å². The maximum Gasteiger partial charge on any atom is 0.328 e. The number of ketones is 1. The Morgan fingerprint density at radius 2 is 0.664 bits per heavy atom. The number of carboxylic acids is 3. The van der Waals surface area contributed by atoms with Crippen LogP contribution in [0.5, 0.6) is 11.5 Å². The second kappa shape index (κ2) is 55.1. The van der Waals surface area contributed by atoms with Gasteiger partial charge in [0, 0.05) is 106 Å². The van der Waals surface area contributed by atoms with E-state index in [1.165, 1.54) is 81.9 Å². The molecular weight excluding hydrogens is 1700 g/mol. The van der Waals surface area contributed by atoms with Crippen LogP contribution in [0.2, 0.25) is 0 Å². The average molecular weight is 1820 g/mol. The van der Waals surface area contributed by atoms with Crippen LogP contribution < -0.4 is 26.6 Å². The van der Waals surface area contributed by atoms with Crippen LogP contribution in [0.3, 0.4) is 0 Å². The number of carboxylic acid groups (broad SMARTS) is 3. The molecule has 11 aromatic rings. The van der Waals surface area contributed by atoms with Gasteiger partial charge in [-0.05, 0) is 173 Å². The molecule has 46 heteroatoms. The summed E-state index contributed by atoms with van der Waals surface area (Å²) in [5, 5.41) is 119. The third kappa shape index (κ3) is 40.0. The predicted octanol–water partition coefficient (Wildman–Crippen LogP) is 6.71. The van der Waals surface area contributed by atoms with Crippen molar-refractivity contribution in [3.8, 4) is 11.5 Å². The first-order valence-electron chi connectivity index (χ1n) is 41.9. The highest BCUT2D eigenvalue weighted by atomic mass is 16.5. The lowest BCUT2D eigenvalue weighted by Gasteiger charge is -2.16. The zero-order chi connectivity index (χ0) is 97.9. The highest BCUT2D eigenvalue weighted by Gasteiger charge is 2.27. The van der Waals surface area contributed by atoms with Crippen molar-refractivity contribution in [1.82, 2.24) is 147 Å². The number of nitrogens with one attached hydrogen (secondary N) is 5. The number of aromatic hydroxyl groups is 2. The molecule has 11 rings (SSSR count). The van der Waals surface area contributed by atoms with Crippen molar-refractivity contribution >= 4 is 59.3 Å². The van der Waals surface area contributed by atoms with Crippen LogP contribution in [-0.2, 0) is 88.1 Å². The second-order valence-corrected chi connectivity index (χ2v) is 31.7. The number of aromatic nitrogens is 24. The number of phenolic OH excluding ortho intramolecular Hbond substituents is 2. The largest absolute Gasteiger partial charge is 0.508 e. The average Bonchev–Trinajstić information content (AvgIpc) is 1.85. The van der Waals surface area contributed by atoms with Gasteiger partial charge in [0.2, 0.25) is 11.8 Å². The monoisotopic (exact) mass is 1820 g/mol. The maximum atomic E-state index is 12.3. The van der Waals surface area contributed by atoms with E-state index >= 15 is 0 Å². The lowest BCUT2D eigenvalue weighted by molar-refractivity contribution is -0.145. The number of hydrogen-bond acceptors (Lipinski definition) is 31. The van der Waals surface area contributed by atoms with Crippen LogP contribution in [0.4, 0.5) is 0 Å². The Morgan fingerprint density at radius 1 is 0.351 bits per heavy atom. The highest BCUT2D eigenvalue weighted by molar-refractivity contribution is 5.97. The van der Waals surface area contributed by atoms with Crippen molar-refractivity contribution in [1.29, 1.82) is 0 Å². The minimum Gasteiger partial charge on any atom is -0.508 e. The Bertz CT molecular complexity index is 5270. The second-order valence-electron chi connectivity index (χ2n) is 31.7.